The number of nitro groups is 1. The predicted molar refractivity (Wildman–Crippen MR) is 192 cm³/mol. The maximum Gasteiger partial charge on any atom is 0.410 e. The first-order chi connectivity index (χ1) is 24.9. The summed E-state index contributed by atoms with van der Waals surface area (Å²) in [5.74, 6) is 0.981. The molecule has 4 aliphatic rings. The number of fused-ring (bicyclic) bond motifs is 5. The minimum atomic E-state index is -0.964. The number of ether oxygens (including phenoxy) is 2. The van der Waals surface area contributed by atoms with E-state index in [4.69, 9.17) is 20.9 Å². The Hall–Kier alpha value is -5.09. The molecule has 4 aromatic rings. The van der Waals surface area contributed by atoms with E-state index in [1.807, 2.05) is 25.7 Å². The average molecular weight is 711 g/mol. The van der Waals surface area contributed by atoms with E-state index in [9.17, 15) is 14.9 Å². The number of halogens is 2. The number of anilines is 1. The van der Waals surface area contributed by atoms with Crippen molar-refractivity contribution in [1.82, 2.24) is 19.8 Å². The first-order valence-electron chi connectivity index (χ1n) is 17.9. The molecule has 0 spiro atoms. The van der Waals surface area contributed by atoms with Crippen molar-refractivity contribution in [3.8, 4) is 29.5 Å². The zero-order valence-electron chi connectivity index (χ0n) is 29.5. The van der Waals surface area contributed by atoms with E-state index in [0.717, 1.165) is 51.6 Å². The van der Waals surface area contributed by atoms with Gasteiger partial charge in [-0.25, -0.2) is 13.6 Å². The van der Waals surface area contributed by atoms with Crippen molar-refractivity contribution in [1.29, 1.82) is 0 Å². The third kappa shape index (κ3) is 5.64. The Labute approximate surface area is 300 Å². The molecule has 2 atom stereocenters. The van der Waals surface area contributed by atoms with Crippen LogP contribution in [0.2, 0.25) is 0 Å². The summed E-state index contributed by atoms with van der Waals surface area (Å²) >= 11 is 0. The summed E-state index contributed by atoms with van der Waals surface area (Å²) in [5.41, 5.74) is -1.91. The normalized spacial score (nSPS) is 21.1. The summed E-state index contributed by atoms with van der Waals surface area (Å²) in [6.07, 6.45) is 10.9. The first-order valence-corrected chi connectivity index (χ1v) is 17.9. The van der Waals surface area contributed by atoms with Crippen LogP contribution in [-0.2, 0) is 4.74 Å². The van der Waals surface area contributed by atoms with Crippen LogP contribution in [0.25, 0.3) is 32.8 Å². The second-order valence-electron chi connectivity index (χ2n) is 15.4. The van der Waals surface area contributed by atoms with Crippen molar-refractivity contribution in [2.24, 2.45) is 0 Å². The van der Waals surface area contributed by atoms with Gasteiger partial charge < -0.3 is 14.4 Å². The van der Waals surface area contributed by atoms with Crippen LogP contribution >= 0.6 is 0 Å². The molecule has 0 unspecified atom stereocenters. The van der Waals surface area contributed by atoms with E-state index < -0.39 is 33.9 Å². The van der Waals surface area contributed by atoms with Crippen molar-refractivity contribution in [2.45, 2.75) is 82.5 Å². The van der Waals surface area contributed by atoms with Gasteiger partial charge in [0, 0.05) is 30.1 Å². The summed E-state index contributed by atoms with van der Waals surface area (Å²) in [6.45, 7) is 8.48. The Balaban J connectivity index is 1.28. The van der Waals surface area contributed by atoms with Gasteiger partial charge >= 0.3 is 12.1 Å². The third-order valence-corrected chi connectivity index (χ3v) is 11.1. The van der Waals surface area contributed by atoms with E-state index in [1.165, 1.54) is 24.3 Å². The standard InChI is InChI=1S/C39H40F2N6O5/c1-5-26-29(40)14-11-23-9-6-10-27(31(23)26)32-30(47(49)50)19-28-34(33(32)41)42-36(51-22-39-15-7-17-45(39)18-8-16-39)43-35(28)44-20-24-12-13-25(21-44)46(24)37(48)52-38(2,3)4/h1,6,9-11,14,19,24-25H,7-8,12-13,15-18,20-22H2,2-4H3/t24-,25+. The Morgan fingerprint density at radius 1 is 1.10 bits per heavy atom. The fraction of sp³-hybridized carbons (Fsp3) is 0.462. The maximum absolute atomic E-state index is 17.3. The molecule has 3 aromatic carbocycles. The van der Waals surface area contributed by atoms with E-state index in [1.54, 1.807) is 17.0 Å². The molecule has 4 fully saturated rings. The Morgan fingerprint density at radius 2 is 1.81 bits per heavy atom. The number of carbonyl (C=O) groups excluding carboxylic acids is 1. The Bertz CT molecular complexity index is 2160. The highest BCUT2D eigenvalue weighted by molar-refractivity contribution is 6.06. The van der Waals surface area contributed by atoms with Crippen molar-refractivity contribution < 1.29 is 28.0 Å². The summed E-state index contributed by atoms with van der Waals surface area (Å²) in [7, 11) is 0. The molecule has 1 amide bonds. The topological polar surface area (TPSA) is 114 Å². The predicted octanol–water partition coefficient (Wildman–Crippen LogP) is 7.21. The fourth-order valence-electron chi connectivity index (χ4n) is 8.94. The molecular weight excluding hydrogens is 670 g/mol. The highest BCUT2D eigenvalue weighted by Gasteiger charge is 2.47. The lowest BCUT2D eigenvalue weighted by atomic mass is 9.92. The highest BCUT2D eigenvalue weighted by atomic mass is 19.1. The number of hydrogen-bond donors (Lipinski definition) is 0. The van der Waals surface area contributed by atoms with Crippen molar-refractivity contribution in [2.75, 3.05) is 37.7 Å². The molecule has 0 aliphatic carbocycles. The fourth-order valence-corrected chi connectivity index (χ4v) is 8.94. The van der Waals surface area contributed by atoms with Crippen LogP contribution < -0.4 is 9.64 Å². The van der Waals surface area contributed by atoms with Crippen LogP contribution in [0.1, 0.15) is 64.9 Å². The Morgan fingerprint density at radius 3 is 2.46 bits per heavy atom. The average Bonchev–Trinajstić information content (AvgIpc) is 3.76. The Kier molecular flexibility index (Phi) is 8.21. The third-order valence-electron chi connectivity index (χ3n) is 11.1. The molecule has 2 bridgehead atoms. The molecule has 13 heteroatoms. The maximum atomic E-state index is 17.3. The summed E-state index contributed by atoms with van der Waals surface area (Å²) in [6, 6.07) is 8.38. The molecule has 11 nitrogen and oxygen atoms in total. The smallest absolute Gasteiger partial charge is 0.410 e. The summed E-state index contributed by atoms with van der Waals surface area (Å²) in [4.78, 5) is 41.0. The second-order valence-corrected chi connectivity index (χ2v) is 15.4. The molecule has 52 heavy (non-hydrogen) atoms. The van der Waals surface area contributed by atoms with Crippen LogP contribution in [-0.4, -0.2) is 86.8 Å². The molecule has 0 N–H and O–H groups in total. The van der Waals surface area contributed by atoms with Gasteiger partial charge in [-0.2, -0.15) is 9.97 Å². The lowest BCUT2D eigenvalue weighted by molar-refractivity contribution is -0.384. The number of benzene rings is 3. The van der Waals surface area contributed by atoms with Crippen LogP contribution in [0.15, 0.2) is 36.4 Å². The molecule has 8 rings (SSSR count). The first kappa shape index (κ1) is 34.0. The van der Waals surface area contributed by atoms with Gasteiger partial charge in [0.2, 0.25) is 0 Å². The van der Waals surface area contributed by atoms with Gasteiger partial charge in [0.15, 0.2) is 5.82 Å². The number of piperazine rings is 1. The zero-order chi connectivity index (χ0) is 36.5. The van der Waals surface area contributed by atoms with E-state index in [0.29, 0.717) is 25.1 Å². The summed E-state index contributed by atoms with van der Waals surface area (Å²) in [5, 5.41) is 13.6. The molecule has 1 aromatic heterocycles. The molecule has 0 saturated carbocycles. The van der Waals surface area contributed by atoms with Gasteiger partial charge in [-0.3, -0.25) is 19.9 Å². The van der Waals surface area contributed by atoms with Crippen molar-refractivity contribution in [3.63, 3.8) is 0 Å². The van der Waals surface area contributed by atoms with Crippen LogP contribution in [0.5, 0.6) is 6.01 Å². The number of rotatable bonds is 6. The SMILES string of the molecule is C#Cc1c(F)ccc2cccc(-c3c([N+](=O)[O-])cc4c(N5C[C@H]6CC[C@@H](C5)N6C(=O)OC(C)(C)C)nc(OCC56CCCN5CCC6)nc4c3F)c12. The summed E-state index contributed by atoms with van der Waals surface area (Å²) < 4.78 is 44.4. The number of carbonyl (C=O) groups is 1. The lowest BCUT2D eigenvalue weighted by Crippen LogP contribution is -2.57. The highest BCUT2D eigenvalue weighted by Crippen LogP contribution is 2.45. The number of nitrogens with zero attached hydrogens (tertiary/aromatic N) is 6. The number of terminal acetylenes is 1. The molecule has 270 valence electrons. The van der Waals surface area contributed by atoms with Crippen molar-refractivity contribution in [3.05, 3.63) is 63.7 Å². The number of hydrogen-bond acceptors (Lipinski definition) is 9. The van der Waals surface area contributed by atoms with E-state index in [2.05, 4.69) is 15.8 Å². The van der Waals surface area contributed by atoms with E-state index in [-0.39, 0.29) is 62.4 Å². The lowest BCUT2D eigenvalue weighted by Gasteiger charge is -2.42. The van der Waals surface area contributed by atoms with Gasteiger partial charge in [-0.05, 0) is 83.8 Å². The van der Waals surface area contributed by atoms with E-state index >= 15 is 8.78 Å². The van der Waals surface area contributed by atoms with Gasteiger partial charge in [0.25, 0.3) is 5.69 Å². The van der Waals surface area contributed by atoms with Gasteiger partial charge in [-0.15, -0.1) is 6.42 Å². The molecular formula is C39H40F2N6O5. The quantitative estimate of drug-likeness (QED) is 0.116. The minimum Gasteiger partial charge on any atom is -0.461 e. The number of amides is 1. The van der Waals surface area contributed by atoms with Crippen LogP contribution in [0.4, 0.5) is 25.1 Å². The second kappa shape index (κ2) is 12.5. The number of aromatic nitrogens is 2. The molecule has 4 saturated heterocycles. The zero-order valence-corrected chi connectivity index (χ0v) is 29.5. The molecule has 0 radical (unpaired) electrons. The number of nitro benzene ring substituents is 1. The van der Waals surface area contributed by atoms with Gasteiger partial charge in [-0.1, -0.05) is 30.2 Å². The molecule has 5 heterocycles. The largest absolute Gasteiger partial charge is 0.461 e. The van der Waals surface area contributed by atoms with Crippen molar-refractivity contribution >= 4 is 39.3 Å². The molecule has 4 aliphatic heterocycles. The van der Waals surface area contributed by atoms with Gasteiger partial charge in [0.05, 0.1) is 39.1 Å². The monoisotopic (exact) mass is 710 g/mol. The van der Waals surface area contributed by atoms with Crippen LogP contribution in [0, 0.1) is 34.1 Å². The van der Waals surface area contributed by atoms with Gasteiger partial charge in [0.1, 0.15) is 29.4 Å². The van der Waals surface area contributed by atoms with Crippen LogP contribution in [0.3, 0.4) is 0 Å². The minimum absolute atomic E-state index is 0.0375.